The zero-order valence-electron chi connectivity index (χ0n) is 29.6. The van der Waals surface area contributed by atoms with E-state index in [-0.39, 0.29) is 36.2 Å². The number of methoxy groups -OCH3 is 1. The highest BCUT2D eigenvalue weighted by molar-refractivity contribution is 6.99. The second kappa shape index (κ2) is 15.7. The van der Waals surface area contributed by atoms with Gasteiger partial charge in [0.2, 0.25) is 0 Å². The van der Waals surface area contributed by atoms with Crippen LogP contribution >= 0.6 is 0 Å². The van der Waals surface area contributed by atoms with E-state index in [1.807, 2.05) is 71.0 Å². The highest BCUT2D eigenvalue weighted by Crippen LogP contribution is 2.39. The normalized spacial score (nSPS) is 14.8. The molecule has 0 aliphatic carbocycles. The summed E-state index contributed by atoms with van der Waals surface area (Å²) in [5.74, 6) is 0.565. The van der Waals surface area contributed by atoms with Gasteiger partial charge in [0.15, 0.2) is 0 Å². The Labute approximate surface area is 278 Å². The number of esters is 1. The second-order valence-electron chi connectivity index (χ2n) is 15.1. The van der Waals surface area contributed by atoms with Crippen LogP contribution < -0.4 is 15.1 Å². The predicted octanol–water partition coefficient (Wildman–Crippen LogP) is 7.16. The Morgan fingerprint density at radius 2 is 1.30 bits per heavy atom. The molecule has 7 heteroatoms. The number of carbonyl (C=O) groups is 1. The molecular formula is C39H56O6Si. The zero-order valence-corrected chi connectivity index (χ0v) is 30.6. The van der Waals surface area contributed by atoms with Gasteiger partial charge in [0.1, 0.15) is 5.75 Å². The maximum atomic E-state index is 12.5. The van der Waals surface area contributed by atoms with Gasteiger partial charge in [-0.3, -0.25) is 4.79 Å². The number of rotatable bonds is 15. The lowest BCUT2D eigenvalue weighted by molar-refractivity contribution is -0.155. The summed E-state index contributed by atoms with van der Waals surface area (Å²) >= 11 is 0. The van der Waals surface area contributed by atoms with Gasteiger partial charge >= 0.3 is 5.97 Å². The van der Waals surface area contributed by atoms with Gasteiger partial charge in [-0.1, -0.05) is 114 Å². The van der Waals surface area contributed by atoms with Gasteiger partial charge in [0, 0.05) is 5.41 Å². The van der Waals surface area contributed by atoms with E-state index >= 15 is 0 Å². The first-order valence-corrected chi connectivity index (χ1v) is 18.3. The molecular weight excluding hydrogens is 593 g/mol. The molecule has 0 bridgehead atoms. The Morgan fingerprint density at radius 1 is 0.783 bits per heavy atom. The lowest BCUT2D eigenvalue weighted by Gasteiger charge is -2.45. The summed E-state index contributed by atoms with van der Waals surface area (Å²) in [5, 5.41) is 14.1. The Kier molecular flexibility index (Phi) is 12.8. The number of carbonyl (C=O) groups excluding carboxylic acids is 1. The Balaban J connectivity index is 1.89. The van der Waals surface area contributed by atoms with Crippen LogP contribution in [0.4, 0.5) is 0 Å². The van der Waals surface area contributed by atoms with Crippen molar-refractivity contribution in [3.05, 3.63) is 90.5 Å². The van der Waals surface area contributed by atoms with E-state index < -0.39 is 25.3 Å². The fourth-order valence-corrected chi connectivity index (χ4v) is 10.3. The number of hydrogen-bond donors (Lipinski definition) is 1. The topological polar surface area (TPSA) is 74.2 Å². The molecule has 252 valence electrons. The van der Waals surface area contributed by atoms with Crippen molar-refractivity contribution in [3.8, 4) is 5.75 Å². The van der Waals surface area contributed by atoms with Gasteiger partial charge in [0.05, 0.1) is 44.6 Å². The first-order chi connectivity index (χ1) is 21.5. The van der Waals surface area contributed by atoms with E-state index in [0.29, 0.717) is 13.0 Å². The van der Waals surface area contributed by atoms with Crippen molar-refractivity contribution in [2.75, 3.05) is 20.3 Å². The molecule has 0 saturated carbocycles. The third-order valence-corrected chi connectivity index (χ3v) is 13.9. The van der Waals surface area contributed by atoms with Gasteiger partial charge in [-0.05, 0) is 66.2 Å². The van der Waals surface area contributed by atoms with Crippen LogP contribution in [0.3, 0.4) is 0 Å². The van der Waals surface area contributed by atoms with Crippen LogP contribution in [-0.2, 0) is 25.3 Å². The van der Waals surface area contributed by atoms with E-state index in [4.69, 9.17) is 18.6 Å². The molecule has 0 spiro atoms. The van der Waals surface area contributed by atoms with Crippen LogP contribution in [0.5, 0.6) is 5.75 Å². The summed E-state index contributed by atoms with van der Waals surface area (Å²) in [5.41, 5.74) is -0.260. The molecule has 6 nitrogen and oxygen atoms in total. The maximum Gasteiger partial charge on any atom is 0.311 e. The Morgan fingerprint density at radius 3 is 1.76 bits per heavy atom. The maximum absolute atomic E-state index is 12.5. The van der Waals surface area contributed by atoms with Crippen molar-refractivity contribution in [3.63, 3.8) is 0 Å². The largest absolute Gasteiger partial charge is 0.497 e. The van der Waals surface area contributed by atoms with Gasteiger partial charge in [-0.15, -0.1) is 0 Å². The fourth-order valence-electron chi connectivity index (χ4n) is 5.77. The average molecular weight is 649 g/mol. The summed E-state index contributed by atoms with van der Waals surface area (Å²) in [6, 6.07) is 28.7. The number of aliphatic hydroxyl groups is 1. The molecule has 1 N–H and O–H groups in total. The van der Waals surface area contributed by atoms with Gasteiger partial charge in [0.25, 0.3) is 8.32 Å². The SMILES string of the molecule is COc1ccc(CO[C@H](C[C@@H](C)COC(=O)C(C)(C)C)C(C)(C)[C@H](O)CO[Si](c2ccccc2)(c2ccccc2)C(C)(C)C)cc1. The molecule has 3 aromatic rings. The van der Waals surface area contributed by atoms with Crippen LogP contribution in [0, 0.1) is 16.7 Å². The molecule has 46 heavy (non-hydrogen) atoms. The van der Waals surface area contributed by atoms with E-state index in [0.717, 1.165) is 11.3 Å². The lowest BCUT2D eigenvalue weighted by atomic mass is 9.77. The van der Waals surface area contributed by atoms with Crippen molar-refractivity contribution in [1.29, 1.82) is 0 Å². The molecule has 0 aromatic heterocycles. The van der Waals surface area contributed by atoms with Crippen molar-refractivity contribution >= 4 is 24.7 Å². The van der Waals surface area contributed by atoms with Crippen LogP contribution in [-0.4, -0.2) is 51.9 Å². The summed E-state index contributed by atoms with van der Waals surface area (Å²) < 4.78 is 24.7. The second-order valence-corrected chi connectivity index (χ2v) is 19.5. The summed E-state index contributed by atoms with van der Waals surface area (Å²) in [7, 11) is -1.20. The molecule has 0 aliphatic heterocycles. The van der Waals surface area contributed by atoms with Crippen LogP contribution in [0.15, 0.2) is 84.9 Å². The Hall–Kier alpha value is -2.97. The van der Waals surface area contributed by atoms with Crippen molar-refractivity contribution < 1.29 is 28.5 Å². The highest BCUT2D eigenvalue weighted by atomic mass is 28.4. The van der Waals surface area contributed by atoms with Crippen LogP contribution in [0.2, 0.25) is 5.04 Å². The van der Waals surface area contributed by atoms with Gasteiger partial charge in [-0.25, -0.2) is 0 Å². The molecule has 0 saturated heterocycles. The number of hydrogen-bond acceptors (Lipinski definition) is 6. The zero-order chi connectivity index (χ0) is 34.2. The minimum atomic E-state index is -2.85. The standard InChI is InChI=1S/C39H56O6Si/c1-29(26-44-36(41)37(2,3)4)25-35(43-27-30-21-23-31(42-10)24-22-30)39(8,9)34(40)28-45-46(38(5,6)7,32-17-13-11-14-18-32)33-19-15-12-16-20-33/h11-24,29,34-35,40H,25-28H2,1-10H3/t29-,34-,35-/m1/s1. The van der Waals surface area contributed by atoms with Crippen LogP contribution in [0.1, 0.15) is 74.3 Å². The number of benzene rings is 3. The van der Waals surface area contributed by atoms with E-state index in [1.54, 1.807) is 7.11 Å². The molecule has 3 aromatic carbocycles. The first kappa shape index (κ1) is 37.5. The summed E-state index contributed by atoms with van der Waals surface area (Å²) in [6.07, 6.45) is -0.591. The van der Waals surface area contributed by atoms with Crippen molar-refractivity contribution in [2.24, 2.45) is 16.7 Å². The molecule has 0 radical (unpaired) electrons. The summed E-state index contributed by atoms with van der Waals surface area (Å²) in [4.78, 5) is 12.5. The number of aliphatic hydroxyl groups excluding tert-OH is 1. The Bertz CT molecular complexity index is 1300. The minimum absolute atomic E-state index is 0.0104. The third-order valence-electron chi connectivity index (χ3n) is 8.90. The smallest absolute Gasteiger partial charge is 0.311 e. The molecule has 0 unspecified atom stereocenters. The molecule has 0 fully saturated rings. The van der Waals surface area contributed by atoms with Gasteiger partial charge in [-0.2, -0.15) is 0 Å². The first-order valence-electron chi connectivity index (χ1n) is 16.4. The van der Waals surface area contributed by atoms with E-state index in [1.165, 1.54) is 10.4 Å². The fraction of sp³-hybridized carbons (Fsp3) is 0.513. The lowest BCUT2D eigenvalue weighted by Crippen LogP contribution is -2.67. The van der Waals surface area contributed by atoms with E-state index in [9.17, 15) is 9.90 Å². The predicted molar refractivity (Wildman–Crippen MR) is 189 cm³/mol. The highest BCUT2D eigenvalue weighted by Gasteiger charge is 2.51. The van der Waals surface area contributed by atoms with Crippen molar-refractivity contribution in [2.45, 2.75) is 92.6 Å². The molecule has 0 aliphatic rings. The van der Waals surface area contributed by atoms with Crippen molar-refractivity contribution in [1.82, 2.24) is 0 Å². The molecule has 0 heterocycles. The molecule has 3 rings (SSSR count). The average Bonchev–Trinajstić information content (AvgIpc) is 3.02. The number of ether oxygens (including phenoxy) is 3. The quantitative estimate of drug-likeness (QED) is 0.139. The third kappa shape index (κ3) is 9.31. The minimum Gasteiger partial charge on any atom is -0.497 e. The van der Waals surface area contributed by atoms with Gasteiger partial charge < -0.3 is 23.7 Å². The monoisotopic (exact) mass is 648 g/mol. The van der Waals surface area contributed by atoms with Crippen LogP contribution in [0.25, 0.3) is 0 Å². The van der Waals surface area contributed by atoms with E-state index in [2.05, 4.69) is 76.2 Å². The molecule has 0 amide bonds. The molecule has 3 atom stereocenters. The summed E-state index contributed by atoms with van der Waals surface area (Å²) in [6.45, 7) is 19.2.